The number of aliphatic carboxylic acids is 2. The van der Waals surface area contributed by atoms with Crippen molar-refractivity contribution in [3.05, 3.63) is 29.3 Å². The first-order chi connectivity index (χ1) is 14.4. The lowest BCUT2D eigenvalue weighted by Gasteiger charge is -2.13. The number of carbonyl (C=O) groups is 2. The van der Waals surface area contributed by atoms with Crippen LogP contribution >= 0.6 is 0 Å². The lowest BCUT2D eigenvalue weighted by Crippen LogP contribution is -2.14. The number of unbranched alkanes of at least 4 members (excludes halogenated alkanes) is 5. The molecule has 2 aliphatic rings. The van der Waals surface area contributed by atoms with Crippen LogP contribution in [0.4, 0.5) is 0 Å². The van der Waals surface area contributed by atoms with Gasteiger partial charge in [-0.2, -0.15) is 0 Å². The van der Waals surface area contributed by atoms with E-state index in [1.54, 1.807) is 6.07 Å². The molecule has 166 valence electrons. The molecule has 2 aliphatic carbocycles. The molecule has 0 amide bonds. The van der Waals surface area contributed by atoms with Crippen molar-refractivity contribution in [3.63, 3.8) is 0 Å². The molecule has 2 fully saturated rings. The molecule has 2 saturated carbocycles. The third-order valence-electron chi connectivity index (χ3n) is 7.30. The van der Waals surface area contributed by atoms with Crippen LogP contribution in [-0.2, 0) is 22.4 Å². The van der Waals surface area contributed by atoms with Gasteiger partial charge in [-0.15, -0.1) is 0 Å². The van der Waals surface area contributed by atoms with Crippen LogP contribution < -0.4 is 0 Å². The van der Waals surface area contributed by atoms with Gasteiger partial charge in [0.2, 0.25) is 0 Å². The van der Waals surface area contributed by atoms with E-state index in [1.807, 2.05) is 6.07 Å². The molecule has 5 heteroatoms. The van der Waals surface area contributed by atoms with E-state index < -0.39 is 22.8 Å². The number of rotatable bonds is 15. The minimum Gasteiger partial charge on any atom is -0.508 e. The van der Waals surface area contributed by atoms with Crippen LogP contribution in [0, 0.1) is 10.8 Å². The van der Waals surface area contributed by atoms with Gasteiger partial charge in [-0.1, -0.05) is 44.2 Å². The maximum absolute atomic E-state index is 11.2. The average Bonchev–Trinajstić information content (AvgIpc) is 3.61. The molecule has 0 unspecified atom stereocenters. The number of benzene rings is 1. The van der Waals surface area contributed by atoms with Crippen molar-refractivity contribution in [3.8, 4) is 5.75 Å². The van der Waals surface area contributed by atoms with Gasteiger partial charge < -0.3 is 15.3 Å². The molecule has 5 nitrogen and oxygen atoms in total. The number of aryl methyl sites for hydroxylation is 1. The summed E-state index contributed by atoms with van der Waals surface area (Å²) in [5, 5.41) is 28.8. The number of phenolic OH excluding ortho intramolecular Hbond substituents is 1. The highest BCUT2D eigenvalue weighted by Crippen LogP contribution is 2.50. The summed E-state index contributed by atoms with van der Waals surface area (Å²) in [5.74, 6) is -0.886. The normalized spacial score (nSPS) is 18.1. The minimum atomic E-state index is -0.631. The van der Waals surface area contributed by atoms with Crippen molar-refractivity contribution in [1.29, 1.82) is 0 Å². The highest BCUT2D eigenvalue weighted by Gasteiger charge is 2.49. The van der Waals surface area contributed by atoms with E-state index in [0.29, 0.717) is 5.75 Å². The molecule has 1 aromatic rings. The van der Waals surface area contributed by atoms with Gasteiger partial charge in [0, 0.05) is 0 Å². The van der Waals surface area contributed by atoms with Gasteiger partial charge in [-0.25, -0.2) is 0 Å². The molecule has 0 aliphatic heterocycles. The maximum atomic E-state index is 11.2. The van der Waals surface area contributed by atoms with Crippen LogP contribution in [0.25, 0.3) is 0 Å². The van der Waals surface area contributed by atoms with Gasteiger partial charge >= 0.3 is 11.9 Å². The van der Waals surface area contributed by atoms with Crippen LogP contribution in [0.15, 0.2) is 18.2 Å². The van der Waals surface area contributed by atoms with Crippen LogP contribution in [0.1, 0.15) is 94.6 Å². The van der Waals surface area contributed by atoms with E-state index in [-0.39, 0.29) is 0 Å². The largest absolute Gasteiger partial charge is 0.508 e. The Kier molecular flexibility index (Phi) is 7.43. The lowest BCUT2D eigenvalue weighted by molar-refractivity contribution is -0.144. The summed E-state index contributed by atoms with van der Waals surface area (Å²) >= 11 is 0. The molecule has 0 heterocycles. The summed E-state index contributed by atoms with van der Waals surface area (Å²) in [7, 11) is 0. The Bertz CT molecular complexity index is 746. The second-order valence-electron chi connectivity index (χ2n) is 9.56. The van der Waals surface area contributed by atoms with Crippen molar-refractivity contribution < 1.29 is 24.9 Å². The van der Waals surface area contributed by atoms with Crippen LogP contribution in [0.2, 0.25) is 0 Å². The summed E-state index contributed by atoms with van der Waals surface area (Å²) < 4.78 is 0. The van der Waals surface area contributed by atoms with Crippen molar-refractivity contribution >= 4 is 11.9 Å². The minimum absolute atomic E-state index is 0.373. The maximum Gasteiger partial charge on any atom is 0.309 e. The van der Waals surface area contributed by atoms with E-state index in [4.69, 9.17) is 0 Å². The highest BCUT2D eigenvalue weighted by molar-refractivity contribution is 5.78. The van der Waals surface area contributed by atoms with Gasteiger partial charge in [-0.3, -0.25) is 9.59 Å². The molecule has 0 radical (unpaired) electrons. The predicted octanol–water partition coefficient (Wildman–Crippen LogP) is 5.72. The van der Waals surface area contributed by atoms with Crippen molar-refractivity contribution in [1.82, 2.24) is 0 Å². The summed E-state index contributed by atoms with van der Waals surface area (Å²) in [4.78, 5) is 22.5. The lowest BCUT2D eigenvalue weighted by atomic mass is 9.93. The molecule has 3 rings (SSSR count). The van der Waals surface area contributed by atoms with E-state index in [1.165, 1.54) is 5.56 Å². The molecule has 3 N–H and O–H groups in total. The summed E-state index contributed by atoms with van der Waals surface area (Å²) in [6.07, 6.45) is 13.8. The summed E-state index contributed by atoms with van der Waals surface area (Å²) in [6, 6.07) is 5.75. The number of carboxylic acids is 2. The van der Waals surface area contributed by atoms with Crippen molar-refractivity contribution in [2.24, 2.45) is 10.8 Å². The number of hydrogen-bond acceptors (Lipinski definition) is 3. The van der Waals surface area contributed by atoms with Crippen LogP contribution in [-0.4, -0.2) is 27.3 Å². The van der Waals surface area contributed by atoms with Gasteiger partial charge in [0.1, 0.15) is 5.75 Å². The zero-order valence-electron chi connectivity index (χ0n) is 18.0. The molecule has 0 aromatic heterocycles. The fourth-order valence-corrected chi connectivity index (χ4v) is 4.66. The van der Waals surface area contributed by atoms with Crippen molar-refractivity contribution in [2.75, 3.05) is 0 Å². The van der Waals surface area contributed by atoms with Crippen LogP contribution in [0.5, 0.6) is 5.75 Å². The Morgan fingerprint density at radius 2 is 1.23 bits per heavy atom. The smallest absolute Gasteiger partial charge is 0.309 e. The second-order valence-corrected chi connectivity index (χ2v) is 9.56. The fourth-order valence-electron chi connectivity index (χ4n) is 4.66. The van der Waals surface area contributed by atoms with Gasteiger partial charge in [0.25, 0.3) is 0 Å². The van der Waals surface area contributed by atoms with Gasteiger partial charge in [0.15, 0.2) is 0 Å². The second kappa shape index (κ2) is 9.84. The zero-order chi connectivity index (χ0) is 21.6. The Balaban J connectivity index is 1.34. The zero-order valence-corrected chi connectivity index (χ0v) is 18.0. The molecular formula is C25H36O5. The van der Waals surface area contributed by atoms with E-state index >= 15 is 0 Å². The molecule has 30 heavy (non-hydrogen) atoms. The number of hydrogen-bond donors (Lipinski definition) is 3. The summed E-state index contributed by atoms with van der Waals surface area (Å²) in [5.41, 5.74) is 1.43. The first kappa shape index (κ1) is 22.6. The van der Waals surface area contributed by atoms with Gasteiger partial charge in [0.05, 0.1) is 10.8 Å². The molecule has 0 spiro atoms. The predicted molar refractivity (Wildman–Crippen MR) is 116 cm³/mol. The van der Waals surface area contributed by atoms with E-state index in [2.05, 4.69) is 6.07 Å². The number of carboxylic acid groups (broad SMARTS) is 2. The standard InChI is InChI=1S/C25H36O5/c26-21-12-8-10-19(9-4-3-7-14-25(17-18-25)23(29)30)20(21)11-5-1-2-6-13-24(15-16-24)22(27)28/h8,10,12,26H,1-7,9,11,13-18H2,(H,27,28)(H,29,30). The third kappa shape index (κ3) is 5.77. The first-order valence-corrected chi connectivity index (χ1v) is 11.7. The average molecular weight is 417 g/mol. The molecule has 0 atom stereocenters. The van der Waals surface area contributed by atoms with Crippen LogP contribution in [0.3, 0.4) is 0 Å². The molecule has 0 saturated heterocycles. The fraction of sp³-hybridized carbons (Fsp3) is 0.680. The van der Waals surface area contributed by atoms with E-state index in [0.717, 1.165) is 102 Å². The van der Waals surface area contributed by atoms with Gasteiger partial charge in [-0.05, 0) is 81.4 Å². The molecule has 1 aromatic carbocycles. The monoisotopic (exact) mass is 416 g/mol. The number of aromatic hydroxyl groups is 1. The summed E-state index contributed by atoms with van der Waals surface area (Å²) in [6.45, 7) is 0. The van der Waals surface area contributed by atoms with Crippen molar-refractivity contribution in [2.45, 2.75) is 96.3 Å². The molecular weight excluding hydrogens is 380 g/mol. The van der Waals surface area contributed by atoms with E-state index in [9.17, 15) is 24.9 Å². The SMILES string of the molecule is O=C(O)C1(CCCCCCc2c(O)cccc2CCCCCC2(C(=O)O)CC2)CC1. The third-order valence-corrected chi connectivity index (χ3v) is 7.30. The Labute approximate surface area is 179 Å². The quantitative estimate of drug-likeness (QED) is 0.318. The Morgan fingerprint density at radius 3 is 1.77 bits per heavy atom. The molecule has 0 bridgehead atoms. The number of phenols is 1. The highest BCUT2D eigenvalue weighted by atomic mass is 16.4. The Hall–Kier alpha value is -2.04. The first-order valence-electron chi connectivity index (χ1n) is 11.7. The Morgan fingerprint density at radius 1 is 0.733 bits per heavy atom. The topological polar surface area (TPSA) is 94.8 Å².